The minimum Gasteiger partial charge on any atom is -0.367 e. The number of piperidine rings is 2. The second-order valence-corrected chi connectivity index (χ2v) is 15.4. The third kappa shape index (κ3) is 7.49. The van der Waals surface area contributed by atoms with Gasteiger partial charge in [-0.25, -0.2) is 18.7 Å². The van der Waals surface area contributed by atoms with Gasteiger partial charge in [-0.05, 0) is 81.8 Å². The average molecular weight is 791 g/mol. The number of aromatic nitrogens is 6. The molecule has 0 radical (unpaired) electrons. The molecule has 4 aromatic heterocycles. The molecule has 2 saturated heterocycles. The van der Waals surface area contributed by atoms with E-state index in [-0.39, 0.29) is 42.9 Å². The molecule has 3 amide bonds. The summed E-state index contributed by atoms with van der Waals surface area (Å²) in [5, 5.41) is 9.68. The quantitative estimate of drug-likeness (QED) is 0.166. The predicted octanol–water partition coefficient (Wildman–Crippen LogP) is 4.85. The third-order valence-electron chi connectivity index (χ3n) is 11.7. The number of alkyl halides is 4. The molecule has 6 heterocycles. The standard InChI is InChI=1S/C39H42F4N10O4/c1-49(29-13-14-51(21-26(29)40)30-4-3-5-31-35(30)50(2)38(57)53(31)32-10-11-34(54)47-37(32)56)20-22-6-8-23(9-7-22)27-17-25-16-24(12-15-52(25)48-27)45-36(55)28-18-44-19-33(46-28)39(41,42)43/h3-5,12,15-19,22-23,26,29,32H,6-11,13-14,20-21H2,1-2H3,(H,45,55)(H,47,54,56)/t22?,23?,26-,29+,32?/m1/s1. The summed E-state index contributed by atoms with van der Waals surface area (Å²) < 4.78 is 59.8. The Morgan fingerprint density at radius 2 is 1.82 bits per heavy atom. The van der Waals surface area contributed by atoms with Gasteiger partial charge in [0.1, 0.15) is 17.9 Å². The molecule has 57 heavy (non-hydrogen) atoms. The Balaban J connectivity index is 0.862. The van der Waals surface area contributed by atoms with E-state index in [2.05, 4.69) is 25.5 Å². The zero-order chi connectivity index (χ0) is 40.2. The van der Waals surface area contributed by atoms with Gasteiger partial charge in [0.05, 0.1) is 46.9 Å². The fourth-order valence-electron chi connectivity index (χ4n) is 8.79. The van der Waals surface area contributed by atoms with E-state index < -0.39 is 41.6 Å². The van der Waals surface area contributed by atoms with Crippen LogP contribution in [0.1, 0.15) is 78.8 Å². The van der Waals surface area contributed by atoms with Gasteiger partial charge in [0, 0.05) is 50.4 Å². The third-order valence-corrected chi connectivity index (χ3v) is 11.7. The molecule has 14 nitrogen and oxygen atoms in total. The van der Waals surface area contributed by atoms with Crippen molar-refractivity contribution < 1.29 is 31.9 Å². The van der Waals surface area contributed by atoms with E-state index in [1.807, 2.05) is 30.1 Å². The molecule has 3 fully saturated rings. The van der Waals surface area contributed by atoms with Gasteiger partial charge >= 0.3 is 11.9 Å². The summed E-state index contributed by atoms with van der Waals surface area (Å²) in [6, 6.07) is 9.69. The second-order valence-electron chi connectivity index (χ2n) is 15.4. The van der Waals surface area contributed by atoms with E-state index in [4.69, 9.17) is 5.10 Å². The van der Waals surface area contributed by atoms with Crippen LogP contribution in [-0.4, -0.2) is 90.2 Å². The molecular weight excluding hydrogens is 748 g/mol. The van der Waals surface area contributed by atoms with Crippen molar-refractivity contribution in [2.24, 2.45) is 13.0 Å². The lowest BCUT2D eigenvalue weighted by molar-refractivity contribution is -0.141. The monoisotopic (exact) mass is 790 g/mol. The zero-order valence-electron chi connectivity index (χ0n) is 31.4. The van der Waals surface area contributed by atoms with E-state index in [0.29, 0.717) is 41.8 Å². The number of para-hydroxylation sites is 1. The van der Waals surface area contributed by atoms with Gasteiger partial charge in [-0.15, -0.1) is 0 Å². The van der Waals surface area contributed by atoms with Gasteiger partial charge in [-0.2, -0.15) is 18.3 Å². The fourth-order valence-corrected chi connectivity index (χ4v) is 8.79. The number of amides is 3. The van der Waals surface area contributed by atoms with Gasteiger partial charge in [-0.1, -0.05) is 6.07 Å². The average Bonchev–Trinajstić information content (AvgIpc) is 3.72. The first-order valence-electron chi connectivity index (χ1n) is 19.1. The number of aryl methyl sites for hydroxylation is 1. The Morgan fingerprint density at radius 1 is 1.04 bits per heavy atom. The number of halogens is 4. The summed E-state index contributed by atoms with van der Waals surface area (Å²) >= 11 is 0. The van der Waals surface area contributed by atoms with Crippen molar-refractivity contribution in [1.82, 2.24) is 38.9 Å². The Bertz CT molecular complexity index is 2420. The van der Waals surface area contributed by atoms with E-state index in [1.165, 1.54) is 9.13 Å². The number of anilines is 2. The summed E-state index contributed by atoms with van der Waals surface area (Å²) in [4.78, 5) is 61.5. The number of hydrogen-bond donors (Lipinski definition) is 2. The largest absolute Gasteiger partial charge is 0.434 e. The highest BCUT2D eigenvalue weighted by atomic mass is 19.4. The molecule has 3 aliphatic rings. The fraction of sp³-hybridized carbons (Fsp3) is 0.462. The zero-order valence-corrected chi connectivity index (χ0v) is 31.4. The van der Waals surface area contributed by atoms with Crippen LogP contribution in [0.3, 0.4) is 0 Å². The molecule has 8 rings (SSSR count). The summed E-state index contributed by atoms with van der Waals surface area (Å²) in [6.07, 6.45) is 2.11. The lowest BCUT2D eigenvalue weighted by Crippen LogP contribution is -2.52. The number of pyridine rings is 1. The summed E-state index contributed by atoms with van der Waals surface area (Å²) in [6.45, 7) is 1.52. The van der Waals surface area contributed by atoms with Gasteiger partial charge < -0.3 is 15.1 Å². The number of fused-ring (bicyclic) bond motifs is 2. The first kappa shape index (κ1) is 38.2. The first-order valence-corrected chi connectivity index (χ1v) is 19.1. The summed E-state index contributed by atoms with van der Waals surface area (Å²) in [5.41, 5.74) is 1.91. The van der Waals surface area contributed by atoms with Gasteiger partial charge in [0.15, 0.2) is 5.69 Å². The van der Waals surface area contributed by atoms with Crippen LogP contribution in [0.25, 0.3) is 16.6 Å². The van der Waals surface area contributed by atoms with Crippen molar-refractivity contribution in [3.05, 3.63) is 82.6 Å². The Morgan fingerprint density at radius 3 is 2.56 bits per heavy atom. The molecule has 1 aliphatic carbocycles. The molecule has 0 bridgehead atoms. The molecule has 18 heteroatoms. The first-order chi connectivity index (χ1) is 27.2. The minimum atomic E-state index is -4.72. The van der Waals surface area contributed by atoms with Crippen molar-refractivity contribution in [3.63, 3.8) is 0 Å². The predicted molar refractivity (Wildman–Crippen MR) is 202 cm³/mol. The van der Waals surface area contributed by atoms with Crippen LogP contribution in [0, 0.1) is 5.92 Å². The molecular formula is C39H42F4N10O4. The molecule has 1 unspecified atom stereocenters. The van der Waals surface area contributed by atoms with E-state index in [0.717, 1.165) is 55.3 Å². The maximum absolute atomic E-state index is 16.1. The van der Waals surface area contributed by atoms with Crippen LogP contribution in [0.2, 0.25) is 0 Å². The maximum atomic E-state index is 16.1. The molecule has 2 N–H and O–H groups in total. The summed E-state index contributed by atoms with van der Waals surface area (Å²) in [5.74, 6) is -1.04. The number of hydrogen-bond acceptors (Lipinski definition) is 9. The molecule has 300 valence electrons. The second kappa shape index (κ2) is 15.0. The van der Waals surface area contributed by atoms with Crippen molar-refractivity contribution in [1.29, 1.82) is 0 Å². The van der Waals surface area contributed by atoms with Crippen molar-refractivity contribution >= 4 is 45.6 Å². The lowest BCUT2D eigenvalue weighted by Gasteiger charge is -2.42. The van der Waals surface area contributed by atoms with Crippen LogP contribution in [0.4, 0.5) is 28.9 Å². The number of imide groups is 1. The molecule has 2 aliphatic heterocycles. The van der Waals surface area contributed by atoms with E-state index in [9.17, 15) is 32.3 Å². The highest BCUT2D eigenvalue weighted by Crippen LogP contribution is 2.38. The van der Waals surface area contributed by atoms with Crippen LogP contribution in [0.5, 0.6) is 0 Å². The Hall–Kier alpha value is -5.65. The highest BCUT2D eigenvalue weighted by Gasteiger charge is 2.37. The van der Waals surface area contributed by atoms with Crippen LogP contribution in [0.15, 0.2) is 59.8 Å². The Labute approximate surface area is 323 Å². The number of carbonyl (C=O) groups excluding carboxylic acids is 3. The van der Waals surface area contributed by atoms with Crippen molar-refractivity contribution in [2.75, 3.05) is 36.9 Å². The number of carbonyl (C=O) groups is 3. The van der Waals surface area contributed by atoms with E-state index >= 15 is 4.39 Å². The molecule has 0 spiro atoms. The van der Waals surface area contributed by atoms with Crippen LogP contribution < -0.4 is 21.2 Å². The summed E-state index contributed by atoms with van der Waals surface area (Å²) in [7, 11) is 3.64. The van der Waals surface area contributed by atoms with Crippen LogP contribution in [-0.2, 0) is 22.8 Å². The normalized spacial score (nSPS) is 23.4. The lowest BCUT2D eigenvalue weighted by atomic mass is 9.80. The number of benzene rings is 1. The topological polar surface area (TPSA) is 152 Å². The van der Waals surface area contributed by atoms with E-state index in [1.54, 1.807) is 36.0 Å². The van der Waals surface area contributed by atoms with Crippen LogP contribution >= 0.6 is 0 Å². The number of nitrogens with one attached hydrogen (secondary N) is 2. The highest BCUT2D eigenvalue weighted by molar-refractivity contribution is 6.03. The molecule has 1 aromatic carbocycles. The molecule has 3 atom stereocenters. The van der Waals surface area contributed by atoms with Crippen molar-refractivity contribution in [2.45, 2.75) is 75.3 Å². The van der Waals surface area contributed by atoms with Gasteiger partial charge in [0.25, 0.3) is 5.91 Å². The SMILES string of the molecule is CN(CC1CCC(c2cc3cc(NC(=O)c4cncc(C(F)(F)F)n4)ccn3n2)CC1)[C@H]1CCN(c2cccc3c2n(C)c(=O)n3C2CCC(=O)NC2=O)C[C@H]1F. The molecule has 1 saturated carbocycles. The smallest absolute Gasteiger partial charge is 0.367 e. The Kier molecular flexibility index (Phi) is 10.1. The molecule has 5 aromatic rings. The van der Waals surface area contributed by atoms with Crippen molar-refractivity contribution in [3.8, 4) is 0 Å². The number of nitrogens with zero attached hydrogens (tertiary/aromatic N) is 8. The number of rotatable bonds is 8. The van der Waals surface area contributed by atoms with Gasteiger partial charge in [0.2, 0.25) is 11.8 Å². The minimum absolute atomic E-state index is 0.148. The van der Waals surface area contributed by atoms with Gasteiger partial charge in [-0.3, -0.25) is 33.8 Å². The maximum Gasteiger partial charge on any atom is 0.434 e. The number of imidazole rings is 1.